The van der Waals surface area contributed by atoms with E-state index in [9.17, 15) is 0 Å². The van der Waals surface area contributed by atoms with Gasteiger partial charge in [0.15, 0.2) is 0 Å². The molecular formula is C14H17N5. The molecule has 3 rings (SSSR count). The summed E-state index contributed by atoms with van der Waals surface area (Å²) >= 11 is 0. The number of imidazole rings is 1. The fraction of sp³-hybridized carbons (Fsp3) is 0.286. The second-order valence-electron chi connectivity index (χ2n) is 4.74. The van der Waals surface area contributed by atoms with Crippen LogP contribution in [0.5, 0.6) is 0 Å². The maximum absolute atomic E-state index is 6.10. The molecule has 0 radical (unpaired) electrons. The van der Waals surface area contributed by atoms with Gasteiger partial charge in [-0.2, -0.15) is 5.10 Å². The molecule has 0 spiro atoms. The molecule has 2 aromatic heterocycles. The van der Waals surface area contributed by atoms with Crippen molar-refractivity contribution in [3.8, 4) is 5.69 Å². The van der Waals surface area contributed by atoms with Crippen molar-refractivity contribution in [2.75, 3.05) is 5.73 Å². The van der Waals surface area contributed by atoms with Crippen molar-refractivity contribution < 1.29 is 0 Å². The van der Waals surface area contributed by atoms with Crippen molar-refractivity contribution in [2.24, 2.45) is 7.05 Å². The topological polar surface area (TPSA) is 61.7 Å². The molecule has 0 bridgehead atoms. The second kappa shape index (κ2) is 4.12. The first-order valence-electron chi connectivity index (χ1n) is 6.38. The molecule has 3 aromatic rings. The van der Waals surface area contributed by atoms with Gasteiger partial charge in [-0.05, 0) is 25.0 Å². The van der Waals surface area contributed by atoms with E-state index in [2.05, 4.69) is 17.0 Å². The van der Waals surface area contributed by atoms with E-state index in [1.165, 1.54) is 0 Å². The normalized spacial score (nSPS) is 11.3. The summed E-state index contributed by atoms with van der Waals surface area (Å²) < 4.78 is 3.80. The van der Waals surface area contributed by atoms with Gasteiger partial charge in [0.05, 0.1) is 22.4 Å². The molecule has 19 heavy (non-hydrogen) atoms. The number of anilines is 1. The van der Waals surface area contributed by atoms with Gasteiger partial charge >= 0.3 is 0 Å². The summed E-state index contributed by atoms with van der Waals surface area (Å²) in [5.41, 5.74) is 11.2. The van der Waals surface area contributed by atoms with E-state index in [-0.39, 0.29) is 0 Å². The second-order valence-corrected chi connectivity index (χ2v) is 4.74. The Balaban J connectivity index is 2.36. The van der Waals surface area contributed by atoms with Crippen LogP contribution in [0.25, 0.3) is 16.7 Å². The van der Waals surface area contributed by atoms with Crippen LogP contribution in [0, 0.1) is 6.92 Å². The summed E-state index contributed by atoms with van der Waals surface area (Å²) in [6, 6.07) is 6.11. The molecule has 0 aliphatic carbocycles. The van der Waals surface area contributed by atoms with E-state index in [1.807, 2.05) is 47.6 Å². The van der Waals surface area contributed by atoms with E-state index in [1.54, 1.807) is 0 Å². The number of hydrogen-bond donors (Lipinski definition) is 1. The molecule has 2 N–H and O–H groups in total. The van der Waals surface area contributed by atoms with Gasteiger partial charge in [-0.15, -0.1) is 0 Å². The number of aryl methyl sites for hydroxylation is 3. The van der Waals surface area contributed by atoms with Crippen LogP contribution in [-0.4, -0.2) is 19.3 Å². The average molecular weight is 255 g/mol. The van der Waals surface area contributed by atoms with Gasteiger partial charge in [-0.1, -0.05) is 19.1 Å². The highest BCUT2D eigenvalue weighted by Gasteiger charge is 2.15. The number of fused-ring (bicyclic) bond motifs is 1. The first-order valence-corrected chi connectivity index (χ1v) is 6.38. The zero-order valence-electron chi connectivity index (χ0n) is 11.4. The number of para-hydroxylation sites is 1. The maximum atomic E-state index is 6.10. The Hall–Kier alpha value is -2.30. The summed E-state index contributed by atoms with van der Waals surface area (Å²) in [6.07, 6.45) is 2.85. The molecule has 0 unspecified atom stereocenters. The minimum Gasteiger partial charge on any atom is -0.369 e. The SMILES string of the molecule is CCc1nn(C)cc1-n1c(N)nc2c(C)cccc21. The summed E-state index contributed by atoms with van der Waals surface area (Å²) in [5.74, 6) is 0.506. The van der Waals surface area contributed by atoms with Crippen molar-refractivity contribution in [3.05, 3.63) is 35.7 Å². The lowest BCUT2D eigenvalue weighted by atomic mass is 10.2. The Morgan fingerprint density at radius 2 is 2.11 bits per heavy atom. The van der Waals surface area contributed by atoms with Crippen molar-refractivity contribution in [2.45, 2.75) is 20.3 Å². The summed E-state index contributed by atoms with van der Waals surface area (Å²) in [7, 11) is 1.92. The van der Waals surface area contributed by atoms with Crippen LogP contribution in [0.15, 0.2) is 24.4 Å². The lowest BCUT2D eigenvalue weighted by molar-refractivity contribution is 0.746. The van der Waals surface area contributed by atoms with Gasteiger partial charge in [0, 0.05) is 13.2 Å². The Bertz CT molecular complexity index is 751. The molecule has 5 nitrogen and oxygen atoms in total. The van der Waals surface area contributed by atoms with Gasteiger partial charge in [-0.3, -0.25) is 9.25 Å². The Kier molecular flexibility index (Phi) is 2.55. The van der Waals surface area contributed by atoms with Crippen molar-refractivity contribution in [1.29, 1.82) is 0 Å². The molecule has 0 aliphatic heterocycles. The van der Waals surface area contributed by atoms with Gasteiger partial charge in [0.2, 0.25) is 5.95 Å². The number of aromatic nitrogens is 4. The largest absolute Gasteiger partial charge is 0.369 e. The van der Waals surface area contributed by atoms with Gasteiger partial charge < -0.3 is 5.73 Å². The van der Waals surface area contributed by atoms with Crippen LogP contribution in [0.2, 0.25) is 0 Å². The molecule has 0 amide bonds. The number of benzene rings is 1. The first-order chi connectivity index (χ1) is 9.11. The Labute approximate surface area is 111 Å². The fourth-order valence-corrected chi connectivity index (χ4v) is 2.47. The molecule has 0 fully saturated rings. The maximum Gasteiger partial charge on any atom is 0.206 e. The van der Waals surface area contributed by atoms with Gasteiger partial charge in [-0.25, -0.2) is 4.98 Å². The van der Waals surface area contributed by atoms with E-state index >= 15 is 0 Å². The minimum absolute atomic E-state index is 0.506. The summed E-state index contributed by atoms with van der Waals surface area (Å²) in [4.78, 5) is 4.48. The van der Waals surface area contributed by atoms with E-state index in [0.717, 1.165) is 34.4 Å². The monoisotopic (exact) mass is 255 g/mol. The molecule has 1 aromatic carbocycles. The van der Waals surface area contributed by atoms with Gasteiger partial charge in [0.25, 0.3) is 0 Å². The van der Waals surface area contributed by atoms with Gasteiger partial charge in [0.1, 0.15) is 0 Å². The molecule has 0 atom stereocenters. The van der Waals surface area contributed by atoms with Crippen LogP contribution >= 0.6 is 0 Å². The van der Waals surface area contributed by atoms with Crippen LogP contribution in [0.3, 0.4) is 0 Å². The van der Waals surface area contributed by atoms with E-state index < -0.39 is 0 Å². The first kappa shape index (κ1) is 11.8. The molecule has 0 saturated heterocycles. The zero-order valence-corrected chi connectivity index (χ0v) is 11.4. The van der Waals surface area contributed by atoms with Crippen LogP contribution in [0.1, 0.15) is 18.2 Å². The summed E-state index contributed by atoms with van der Waals surface area (Å²) in [6.45, 7) is 4.13. The van der Waals surface area contributed by atoms with Crippen LogP contribution in [-0.2, 0) is 13.5 Å². The minimum atomic E-state index is 0.506. The average Bonchev–Trinajstić information content (AvgIpc) is 2.89. The number of nitrogen functional groups attached to an aromatic ring is 1. The number of nitrogens with two attached hydrogens (primary N) is 1. The van der Waals surface area contributed by atoms with E-state index in [0.29, 0.717) is 5.95 Å². The predicted octanol–water partition coefficient (Wildman–Crippen LogP) is 2.21. The van der Waals surface area contributed by atoms with Crippen molar-refractivity contribution >= 4 is 17.0 Å². The lowest BCUT2D eigenvalue weighted by Crippen LogP contribution is -2.02. The highest BCUT2D eigenvalue weighted by atomic mass is 15.3. The lowest BCUT2D eigenvalue weighted by Gasteiger charge is -2.05. The van der Waals surface area contributed by atoms with Crippen LogP contribution in [0.4, 0.5) is 5.95 Å². The number of rotatable bonds is 2. The van der Waals surface area contributed by atoms with Crippen LogP contribution < -0.4 is 5.73 Å². The molecule has 2 heterocycles. The fourth-order valence-electron chi connectivity index (χ4n) is 2.47. The third kappa shape index (κ3) is 1.69. The molecule has 98 valence electrons. The predicted molar refractivity (Wildman–Crippen MR) is 76.4 cm³/mol. The number of nitrogens with zero attached hydrogens (tertiary/aromatic N) is 4. The quantitative estimate of drug-likeness (QED) is 0.763. The standard InChI is InChI=1S/C14H17N5/c1-4-10-12(8-18(3)17-10)19-11-7-5-6-9(2)13(11)16-14(19)15/h5-8H,4H2,1-3H3,(H2,15,16). The Morgan fingerprint density at radius 3 is 2.84 bits per heavy atom. The molecule has 0 aliphatic rings. The summed E-state index contributed by atoms with van der Waals surface area (Å²) in [5, 5.41) is 4.47. The zero-order chi connectivity index (χ0) is 13.6. The smallest absolute Gasteiger partial charge is 0.206 e. The number of hydrogen-bond acceptors (Lipinski definition) is 3. The highest BCUT2D eigenvalue weighted by molar-refractivity contribution is 5.83. The highest BCUT2D eigenvalue weighted by Crippen LogP contribution is 2.26. The third-order valence-electron chi connectivity index (χ3n) is 3.37. The van der Waals surface area contributed by atoms with E-state index in [4.69, 9.17) is 5.73 Å². The molecule has 0 saturated carbocycles. The van der Waals surface area contributed by atoms with Crippen molar-refractivity contribution in [1.82, 2.24) is 19.3 Å². The molecule has 5 heteroatoms. The molecular weight excluding hydrogens is 238 g/mol. The van der Waals surface area contributed by atoms with Crippen molar-refractivity contribution in [3.63, 3.8) is 0 Å². The Morgan fingerprint density at radius 1 is 1.32 bits per heavy atom. The third-order valence-corrected chi connectivity index (χ3v) is 3.37.